The molecule has 0 radical (unpaired) electrons. The molecule has 7 heteroatoms. The Hall–Kier alpha value is -2.57. The summed E-state index contributed by atoms with van der Waals surface area (Å²) >= 11 is 0. The van der Waals surface area contributed by atoms with E-state index in [1.165, 1.54) is 6.20 Å². The zero-order chi connectivity index (χ0) is 16.4. The van der Waals surface area contributed by atoms with Gasteiger partial charge in [0.2, 0.25) is 0 Å². The lowest BCUT2D eigenvalue weighted by Crippen LogP contribution is -2.14. The second-order valence-electron chi connectivity index (χ2n) is 5.57. The molecule has 0 fully saturated rings. The first kappa shape index (κ1) is 15.3. The highest BCUT2D eigenvalue weighted by Gasteiger charge is 2.08. The van der Waals surface area contributed by atoms with Crippen molar-refractivity contribution in [1.82, 2.24) is 19.5 Å². The Bertz CT molecular complexity index is 828. The highest BCUT2D eigenvalue weighted by atomic mass is 19.2. The van der Waals surface area contributed by atoms with Crippen LogP contribution in [0.2, 0.25) is 0 Å². The molecule has 1 N–H and O–H groups in total. The third-order valence-corrected chi connectivity index (χ3v) is 3.51. The van der Waals surface area contributed by atoms with E-state index in [-0.39, 0.29) is 0 Å². The molecule has 0 saturated heterocycles. The van der Waals surface area contributed by atoms with Crippen LogP contribution in [-0.4, -0.2) is 26.1 Å². The van der Waals surface area contributed by atoms with E-state index >= 15 is 0 Å². The molecule has 1 aromatic carbocycles. The fourth-order valence-corrected chi connectivity index (χ4v) is 2.41. The lowest BCUT2D eigenvalue weighted by molar-refractivity contribution is 0.510. The summed E-state index contributed by atoms with van der Waals surface area (Å²) in [6, 6.07) is 2.09. The van der Waals surface area contributed by atoms with Crippen LogP contribution in [-0.2, 0) is 6.54 Å². The molecule has 23 heavy (non-hydrogen) atoms. The summed E-state index contributed by atoms with van der Waals surface area (Å²) in [5.41, 5.74) is 0.644. The van der Waals surface area contributed by atoms with E-state index in [1.807, 2.05) is 6.20 Å². The van der Waals surface area contributed by atoms with Gasteiger partial charge in [-0.3, -0.25) is 4.98 Å². The number of anilines is 1. The molecule has 0 bridgehead atoms. The number of imidazole rings is 1. The van der Waals surface area contributed by atoms with Crippen LogP contribution in [0.15, 0.2) is 30.7 Å². The van der Waals surface area contributed by atoms with Gasteiger partial charge in [0.25, 0.3) is 0 Å². The Morgan fingerprint density at radius 3 is 2.61 bits per heavy atom. The van der Waals surface area contributed by atoms with E-state index in [1.54, 1.807) is 6.20 Å². The van der Waals surface area contributed by atoms with E-state index in [9.17, 15) is 8.78 Å². The first-order valence-electron chi connectivity index (χ1n) is 7.41. The van der Waals surface area contributed by atoms with Crippen molar-refractivity contribution in [3.63, 3.8) is 0 Å². The number of halogens is 2. The van der Waals surface area contributed by atoms with Gasteiger partial charge in [-0.15, -0.1) is 0 Å². The van der Waals surface area contributed by atoms with Crippen molar-refractivity contribution in [2.75, 3.05) is 11.9 Å². The maximum atomic E-state index is 13.3. The molecule has 0 spiro atoms. The predicted molar refractivity (Wildman–Crippen MR) is 84.3 cm³/mol. The molecular weight excluding hydrogens is 300 g/mol. The number of nitrogens with zero attached hydrogens (tertiary/aromatic N) is 4. The molecule has 2 heterocycles. The van der Waals surface area contributed by atoms with E-state index < -0.39 is 11.6 Å². The molecule has 0 amide bonds. The fraction of sp³-hybridized carbons (Fsp3) is 0.312. The molecule has 0 aliphatic rings. The summed E-state index contributed by atoms with van der Waals surface area (Å²) < 4.78 is 28.5. The SMILES string of the molecule is CC(C)c1nccn1CCNc1cnc2cc(F)c(F)cc2n1. The molecule has 0 aliphatic carbocycles. The van der Waals surface area contributed by atoms with Crippen LogP contribution in [0.25, 0.3) is 11.0 Å². The van der Waals surface area contributed by atoms with Gasteiger partial charge in [-0.25, -0.2) is 18.7 Å². The van der Waals surface area contributed by atoms with Crippen LogP contribution in [0, 0.1) is 11.6 Å². The van der Waals surface area contributed by atoms with Crippen LogP contribution < -0.4 is 5.32 Å². The molecule has 0 aliphatic heterocycles. The smallest absolute Gasteiger partial charge is 0.161 e. The lowest BCUT2D eigenvalue weighted by atomic mass is 10.2. The summed E-state index contributed by atoms with van der Waals surface area (Å²) in [5.74, 6) is 0.0461. The highest BCUT2D eigenvalue weighted by molar-refractivity contribution is 5.75. The standard InChI is InChI=1S/C16H17F2N5/c1-10(2)16-20-4-6-23(16)5-3-19-15-9-21-13-7-11(17)12(18)8-14(13)22-15/h4,6-10H,3,5H2,1-2H3,(H,19,22). The van der Waals surface area contributed by atoms with Crippen molar-refractivity contribution < 1.29 is 8.78 Å². The van der Waals surface area contributed by atoms with Crippen LogP contribution in [0.4, 0.5) is 14.6 Å². The van der Waals surface area contributed by atoms with E-state index in [0.29, 0.717) is 29.3 Å². The Morgan fingerprint density at radius 2 is 1.87 bits per heavy atom. The Labute approximate surface area is 132 Å². The highest BCUT2D eigenvalue weighted by Crippen LogP contribution is 2.16. The number of nitrogens with one attached hydrogen (secondary N) is 1. The number of hydrogen-bond acceptors (Lipinski definition) is 4. The number of hydrogen-bond donors (Lipinski definition) is 1. The van der Waals surface area contributed by atoms with Gasteiger partial charge >= 0.3 is 0 Å². The van der Waals surface area contributed by atoms with Gasteiger partial charge in [0.15, 0.2) is 11.6 Å². The second-order valence-corrected chi connectivity index (χ2v) is 5.57. The van der Waals surface area contributed by atoms with E-state index in [2.05, 4.69) is 38.7 Å². The molecular formula is C16H17F2N5. The molecule has 3 aromatic rings. The maximum absolute atomic E-state index is 13.3. The van der Waals surface area contributed by atoms with Crippen LogP contribution in [0.1, 0.15) is 25.6 Å². The van der Waals surface area contributed by atoms with Crippen LogP contribution >= 0.6 is 0 Å². The zero-order valence-electron chi connectivity index (χ0n) is 12.9. The van der Waals surface area contributed by atoms with Crippen LogP contribution in [0.3, 0.4) is 0 Å². The zero-order valence-corrected chi connectivity index (χ0v) is 12.9. The van der Waals surface area contributed by atoms with Crippen molar-refractivity contribution in [3.05, 3.63) is 48.2 Å². The molecule has 5 nitrogen and oxygen atoms in total. The number of aromatic nitrogens is 4. The second kappa shape index (κ2) is 6.28. The number of benzene rings is 1. The van der Waals surface area contributed by atoms with Crippen molar-refractivity contribution in [2.24, 2.45) is 0 Å². The molecule has 3 rings (SSSR count). The van der Waals surface area contributed by atoms with E-state index in [0.717, 1.165) is 24.5 Å². The Kier molecular flexibility index (Phi) is 4.18. The molecule has 0 unspecified atom stereocenters. The molecule has 0 saturated carbocycles. The summed E-state index contributed by atoms with van der Waals surface area (Å²) in [6.45, 7) is 5.54. The van der Waals surface area contributed by atoms with Gasteiger partial charge in [-0.1, -0.05) is 13.8 Å². The van der Waals surface area contributed by atoms with Crippen molar-refractivity contribution in [1.29, 1.82) is 0 Å². The number of fused-ring (bicyclic) bond motifs is 1. The monoisotopic (exact) mass is 317 g/mol. The predicted octanol–water partition coefficient (Wildman–Crippen LogP) is 3.34. The van der Waals surface area contributed by atoms with Crippen LogP contribution in [0.5, 0.6) is 0 Å². The Balaban J connectivity index is 1.70. The van der Waals surface area contributed by atoms with Gasteiger partial charge in [0, 0.05) is 43.5 Å². The minimum Gasteiger partial charge on any atom is -0.367 e. The fourth-order valence-electron chi connectivity index (χ4n) is 2.41. The summed E-state index contributed by atoms with van der Waals surface area (Å²) in [5, 5.41) is 3.14. The average molecular weight is 317 g/mol. The third-order valence-electron chi connectivity index (χ3n) is 3.51. The molecule has 0 atom stereocenters. The van der Waals surface area contributed by atoms with Gasteiger partial charge in [0.1, 0.15) is 11.6 Å². The van der Waals surface area contributed by atoms with Crippen molar-refractivity contribution in [3.8, 4) is 0 Å². The topological polar surface area (TPSA) is 55.6 Å². The maximum Gasteiger partial charge on any atom is 0.161 e. The minimum absolute atomic E-state index is 0.319. The van der Waals surface area contributed by atoms with Crippen molar-refractivity contribution >= 4 is 16.9 Å². The minimum atomic E-state index is -0.927. The van der Waals surface area contributed by atoms with Crippen molar-refractivity contribution in [2.45, 2.75) is 26.3 Å². The molecule has 120 valence electrons. The Morgan fingerprint density at radius 1 is 1.13 bits per heavy atom. The van der Waals surface area contributed by atoms with Gasteiger partial charge < -0.3 is 9.88 Å². The largest absolute Gasteiger partial charge is 0.367 e. The number of rotatable bonds is 5. The third kappa shape index (κ3) is 3.28. The lowest BCUT2D eigenvalue weighted by Gasteiger charge is -2.11. The first-order chi connectivity index (χ1) is 11.0. The normalized spacial score (nSPS) is 11.3. The van der Waals surface area contributed by atoms with Gasteiger partial charge in [-0.2, -0.15) is 0 Å². The summed E-state index contributed by atoms with van der Waals surface area (Å²) in [4.78, 5) is 12.7. The molecule has 2 aromatic heterocycles. The van der Waals surface area contributed by atoms with Gasteiger partial charge in [-0.05, 0) is 0 Å². The quantitative estimate of drug-likeness (QED) is 0.784. The summed E-state index contributed by atoms with van der Waals surface area (Å²) in [6.07, 6.45) is 5.22. The first-order valence-corrected chi connectivity index (χ1v) is 7.41. The van der Waals surface area contributed by atoms with E-state index in [4.69, 9.17) is 0 Å². The average Bonchev–Trinajstić information content (AvgIpc) is 2.97. The summed E-state index contributed by atoms with van der Waals surface area (Å²) in [7, 11) is 0. The van der Waals surface area contributed by atoms with Gasteiger partial charge in [0.05, 0.1) is 17.2 Å².